The van der Waals surface area contributed by atoms with Crippen molar-refractivity contribution in [2.24, 2.45) is 12.0 Å². The van der Waals surface area contributed by atoms with Crippen LogP contribution in [-0.2, 0) is 11.8 Å². The number of hydrogen-bond donors (Lipinski definition) is 0. The molecule has 1 amide bonds. The number of imidazole rings is 1. The number of thioether (sulfide) groups is 1. The Balaban J connectivity index is 1.57. The first-order valence-corrected chi connectivity index (χ1v) is 11.4. The van der Waals surface area contributed by atoms with Crippen LogP contribution in [0, 0.1) is 0 Å². The predicted octanol–water partition coefficient (Wildman–Crippen LogP) is 5.40. The van der Waals surface area contributed by atoms with Gasteiger partial charge in [-0.15, -0.1) is 0 Å². The molecule has 0 N–H and O–H groups in total. The molecule has 5 rings (SSSR count). The fourth-order valence-electron chi connectivity index (χ4n) is 3.69. The van der Waals surface area contributed by atoms with Gasteiger partial charge in [-0.3, -0.25) is 9.69 Å². The molecule has 3 aromatic carbocycles. The summed E-state index contributed by atoms with van der Waals surface area (Å²) in [5.41, 5.74) is 3.31. The maximum absolute atomic E-state index is 13.6. The van der Waals surface area contributed by atoms with Gasteiger partial charge in [-0.2, -0.15) is 0 Å². The molecule has 0 bridgehead atoms. The van der Waals surface area contributed by atoms with Crippen LogP contribution in [0.4, 0.5) is 11.4 Å². The number of ether oxygens (including phenoxy) is 2. The van der Waals surface area contributed by atoms with Gasteiger partial charge in [-0.1, -0.05) is 12.1 Å². The zero-order valence-electron chi connectivity index (χ0n) is 18.9. The fraction of sp³-hybridized carbons (Fsp3) is 0.115. The normalized spacial score (nSPS) is 16.1. The van der Waals surface area contributed by atoms with E-state index >= 15 is 0 Å². The van der Waals surface area contributed by atoms with Crippen LogP contribution in [0.15, 0.2) is 82.7 Å². The molecule has 0 spiro atoms. The first-order chi connectivity index (χ1) is 16.6. The van der Waals surface area contributed by atoms with Crippen LogP contribution >= 0.6 is 11.8 Å². The van der Waals surface area contributed by atoms with Crippen molar-refractivity contribution >= 4 is 51.3 Å². The molecule has 34 heavy (non-hydrogen) atoms. The highest BCUT2D eigenvalue weighted by Gasteiger charge is 2.35. The summed E-state index contributed by atoms with van der Waals surface area (Å²) in [6.45, 7) is 0. The number of amidine groups is 1. The number of rotatable bonds is 5. The van der Waals surface area contributed by atoms with Crippen molar-refractivity contribution in [1.82, 2.24) is 9.55 Å². The first kappa shape index (κ1) is 21.8. The van der Waals surface area contributed by atoms with Crippen molar-refractivity contribution in [3.05, 3.63) is 83.5 Å². The number of fused-ring (bicyclic) bond motifs is 1. The van der Waals surface area contributed by atoms with Gasteiger partial charge in [0.05, 0.1) is 41.5 Å². The van der Waals surface area contributed by atoms with E-state index in [0.29, 0.717) is 27.3 Å². The topological polar surface area (TPSA) is 69.0 Å². The molecule has 2 heterocycles. The minimum absolute atomic E-state index is 0.158. The maximum Gasteiger partial charge on any atom is 0.271 e. The van der Waals surface area contributed by atoms with Gasteiger partial charge in [0.1, 0.15) is 17.3 Å². The lowest BCUT2D eigenvalue weighted by atomic mass is 10.2. The summed E-state index contributed by atoms with van der Waals surface area (Å²) < 4.78 is 12.5. The van der Waals surface area contributed by atoms with Crippen molar-refractivity contribution in [3.63, 3.8) is 0 Å². The third-order valence-electron chi connectivity index (χ3n) is 5.52. The SMILES string of the molecule is COc1ccc(N=C2S/C(=C/c3nc4ccccc4n3C)C(=O)N2c2ccc(OC)cc2)cc1. The summed E-state index contributed by atoms with van der Waals surface area (Å²) in [5.74, 6) is 2.01. The van der Waals surface area contributed by atoms with E-state index in [-0.39, 0.29) is 5.91 Å². The molecule has 7 nitrogen and oxygen atoms in total. The van der Waals surface area contributed by atoms with Crippen molar-refractivity contribution in [1.29, 1.82) is 0 Å². The van der Waals surface area contributed by atoms with E-state index in [1.165, 1.54) is 11.8 Å². The quantitative estimate of drug-likeness (QED) is 0.365. The Morgan fingerprint density at radius 3 is 2.21 bits per heavy atom. The molecule has 0 unspecified atom stereocenters. The zero-order chi connectivity index (χ0) is 23.7. The molecule has 1 aromatic heterocycles. The summed E-state index contributed by atoms with van der Waals surface area (Å²) in [5, 5.41) is 0.561. The summed E-state index contributed by atoms with van der Waals surface area (Å²) in [7, 11) is 5.18. The van der Waals surface area contributed by atoms with Crippen molar-refractivity contribution in [3.8, 4) is 11.5 Å². The van der Waals surface area contributed by atoms with E-state index in [2.05, 4.69) is 0 Å². The summed E-state index contributed by atoms with van der Waals surface area (Å²) >= 11 is 1.32. The number of hydrogen-bond acceptors (Lipinski definition) is 6. The fourth-order valence-corrected chi connectivity index (χ4v) is 4.66. The second kappa shape index (κ2) is 9.07. The molecule has 1 aliphatic heterocycles. The van der Waals surface area contributed by atoms with E-state index in [1.807, 2.05) is 90.5 Å². The van der Waals surface area contributed by atoms with Gasteiger partial charge in [-0.05, 0) is 72.4 Å². The van der Waals surface area contributed by atoms with E-state index in [9.17, 15) is 4.79 Å². The van der Waals surface area contributed by atoms with Crippen molar-refractivity contribution in [2.45, 2.75) is 0 Å². The highest BCUT2D eigenvalue weighted by Crippen LogP contribution is 2.38. The summed E-state index contributed by atoms with van der Waals surface area (Å²) in [6.07, 6.45) is 1.82. The minimum Gasteiger partial charge on any atom is -0.497 e. The second-order valence-corrected chi connectivity index (χ2v) is 8.57. The predicted molar refractivity (Wildman–Crippen MR) is 137 cm³/mol. The third kappa shape index (κ3) is 4.04. The molecule has 1 saturated heterocycles. The molecule has 1 aliphatic rings. The summed E-state index contributed by atoms with van der Waals surface area (Å²) in [4.78, 5) is 25.2. The largest absolute Gasteiger partial charge is 0.497 e. The maximum atomic E-state index is 13.6. The lowest BCUT2D eigenvalue weighted by Gasteiger charge is -2.16. The summed E-state index contributed by atoms with van der Waals surface area (Å²) in [6, 6.07) is 22.6. The number of methoxy groups -OCH3 is 2. The second-order valence-electron chi connectivity index (χ2n) is 7.56. The molecule has 0 saturated carbocycles. The monoisotopic (exact) mass is 470 g/mol. The Morgan fingerprint density at radius 1 is 0.912 bits per heavy atom. The average molecular weight is 471 g/mol. The molecule has 0 atom stereocenters. The van der Waals surface area contributed by atoms with E-state index in [4.69, 9.17) is 19.5 Å². The van der Waals surface area contributed by atoms with E-state index in [0.717, 1.165) is 22.5 Å². The number of nitrogens with zero attached hydrogens (tertiary/aromatic N) is 4. The van der Waals surface area contributed by atoms with Gasteiger partial charge in [0.2, 0.25) is 0 Å². The standard InChI is InChI=1S/C26H22N4O3S/c1-29-22-7-5-4-6-21(22)28-24(29)16-23-25(31)30(18-10-14-20(33-3)15-11-18)26(34-23)27-17-8-12-19(32-2)13-9-17/h4-16H,1-3H3/b23-16+,27-26?. The van der Waals surface area contributed by atoms with Crippen LogP contribution < -0.4 is 14.4 Å². The lowest BCUT2D eigenvalue weighted by Crippen LogP contribution is -2.28. The number of anilines is 1. The number of aromatic nitrogens is 2. The molecule has 0 radical (unpaired) electrons. The molecule has 170 valence electrons. The molecular formula is C26H22N4O3S. The Morgan fingerprint density at radius 2 is 1.56 bits per heavy atom. The molecule has 8 heteroatoms. The van der Waals surface area contributed by atoms with E-state index in [1.54, 1.807) is 19.1 Å². The van der Waals surface area contributed by atoms with Crippen LogP contribution in [-0.4, -0.2) is 34.8 Å². The Bertz CT molecular complexity index is 1420. The highest BCUT2D eigenvalue weighted by molar-refractivity contribution is 8.19. The Hall–Kier alpha value is -4.04. The Labute approximate surface area is 201 Å². The van der Waals surface area contributed by atoms with Gasteiger partial charge < -0.3 is 14.0 Å². The van der Waals surface area contributed by atoms with Crippen molar-refractivity contribution in [2.75, 3.05) is 19.1 Å². The zero-order valence-corrected chi connectivity index (χ0v) is 19.7. The number of benzene rings is 3. The number of carbonyl (C=O) groups is 1. The first-order valence-electron chi connectivity index (χ1n) is 10.6. The minimum atomic E-state index is -0.158. The van der Waals surface area contributed by atoms with Crippen LogP contribution in [0.25, 0.3) is 17.1 Å². The van der Waals surface area contributed by atoms with Crippen LogP contribution in [0.1, 0.15) is 5.82 Å². The number of aliphatic imine (C=N–C) groups is 1. The van der Waals surface area contributed by atoms with Crippen LogP contribution in [0.3, 0.4) is 0 Å². The van der Waals surface area contributed by atoms with Crippen molar-refractivity contribution < 1.29 is 14.3 Å². The van der Waals surface area contributed by atoms with Gasteiger partial charge in [0, 0.05) is 13.1 Å². The van der Waals surface area contributed by atoms with Gasteiger partial charge in [-0.25, -0.2) is 9.98 Å². The smallest absolute Gasteiger partial charge is 0.271 e. The van der Waals surface area contributed by atoms with Gasteiger partial charge >= 0.3 is 0 Å². The van der Waals surface area contributed by atoms with Crippen LogP contribution in [0.5, 0.6) is 11.5 Å². The number of amides is 1. The van der Waals surface area contributed by atoms with E-state index < -0.39 is 0 Å². The average Bonchev–Trinajstić information content (AvgIpc) is 3.35. The molecular weight excluding hydrogens is 448 g/mol. The van der Waals surface area contributed by atoms with Gasteiger partial charge in [0.25, 0.3) is 5.91 Å². The number of para-hydroxylation sites is 2. The lowest BCUT2D eigenvalue weighted by molar-refractivity contribution is -0.113. The molecule has 4 aromatic rings. The highest BCUT2D eigenvalue weighted by atomic mass is 32.2. The van der Waals surface area contributed by atoms with Gasteiger partial charge in [0.15, 0.2) is 5.17 Å². The number of carbonyl (C=O) groups excluding carboxylic acids is 1. The Kier molecular flexibility index (Phi) is 5.81. The molecule has 1 fully saturated rings. The molecule has 0 aliphatic carbocycles. The third-order valence-corrected chi connectivity index (χ3v) is 6.48. The van der Waals surface area contributed by atoms with Crippen LogP contribution in [0.2, 0.25) is 0 Å². The number of aryl methyl sites for hydroxylation is 1.